The molecule has 1 aromatic rings. The summed E-state index contributed by atoms with van der Waals surface area (Å²) in [7, 11) is -1.17. The van der Waals surface area contributed by atoms with E-state index in [9.17, 15) is 8.42 Å². The zero-order chi connectivity index (χ0) is 13.9. The molecule has 0 aromatic carbocycles. The van der Waals surface area contributed by atoms with E-state index in [4.69, 9.17) is 4.52 Å². The molecule has 1 aliphatic rings. The van der Waals surface area contributed by atoms with Crippen LogP contribution in [0.15, 0.2) is 4.52 Å². The third-order valence-corrected chi connectivity index (χ3v) is 4.42. The van der Waals surface area contributed by atoms with Crippen LogP contribution < -0.4 is 5.32 Å². The standard InChI is InChI=1S/C12H21N3O3S/c1-13-10(9-5-3-4-6-9)7-12-14-11(15-18-12)8-19(2,16)17/h9-10,13H,3-8H2,1-2H3. The van der Waals surface area contributed by atoms with Crippen molar-refractivity contribution in [1.29, 1.82) is 0 Å². The highest BCUT2D eigenvalue weighted by atomic mass is 32.2. The van der Waals surface area contributed by atoms with Gasteiger partial charge in [0.1, 0.15) is 5.75 Å². The third-order valence-electron chi connectivity index (χ3n) is 3.64. The molecule has 7 heteroatoms. The van der Waals surface area contributed by atoms with Crippen molar-refractivity contribution in [3.8, 4) is 0 Å². The van der Waals surface area contributed by atoms with Crippen molar-refractivity contribution in [2.45, 2.75) is 43.9 Å². The Kier molecular flexibility index (Phi) is 4.57. The van der Waals surface area contributed by atoms with Gasteiger partial charge in [-0.3, -0.25) is 0 Å². The summed E-state index contributed by atoms with van der Waals surface area (Å²) in [5.74, 6) is 1.25. The van der Waals surface area contributed by atoms with Crippen LogP contribution in [0.1, 0.15) is 37.4 Å². The molecule has 1 saturated carbocycles. The average Bonchev–Trinajstić information content (AvgIpc) is 2.94. The quantitative estimate of drug-likeness (QED) is 0.838. The zero-order valence-electron chi connectivity index (χ0n) is 11.4. The highest BCUT2D eigenvalue weighted by Gasteiger charge is 2.26. The van der Waals surface area contributed by atoms with Crippen molar-refractivity contribution >= 4 is 9.84 Å². The topological polar surface area (TPSA) is 85.1 Å². The maximum Gasteiger partial charge on any atom is 0.228 e. The lowest BCUT2D eigenvalue weighted by Crippen LogP contribution is -2.34. The Labute approximate surface area is 113 Å². The SMILES string of the molecule is CNC(Cc1nc(CS(C)(=O)=O)no1)C1CCCC1. The molecule has 6 nitrogen and oxygen atoms in total. The van der Waals surface area contributed by atoms with E-state index in [1.54, 1.807) is 0 Å². The molecular formula is C12H21N3O3S. The first-order valence-electron chi connectivity index (χ1n) is 6.64. The molecule has 1 atom stereocenters. The molecular weight excluding hydrogens is 266 g/mol. The number of nitrogens with zero attached hydrogens (tertiary/aromatic N) is 2. The Balaban J connectivity index is 1.98. The van der Waals surface area contributed by atoms with Gasteiger partial charge in [0.25, 0.3) is 0 Å². The summed E-state index contributed by atoms with van der Waals surface area (Å²) >= 11 is 0. The fraction of sp³-hybridized carbons (Fsp3) is 0.833. The Morgan fingerprint density at radius 1 is 1.42 bits per heavy atom. The van der Waals surface area contributed by atoms with Gasteiger partial charge < -0.3 is 9.84 Å². The van der Waals surface area contributed by atoms with Gasteiger partial charge >= 0.3 is 0 Å². The van der Waals surface area contributed by atoms with Gasteiger partial charge in [-0.05, 0) is 25.8 Å². The lowest BCUT2D eigenvalue weighted by molar-refractivity contribution is 0.317. The van der Waals surface area contributed by atoms with E-state index in [1.165, 1.54) is 25.7 Å². The summed E-state index contributed by atoms with van der Waals surface area (Å²) in [6, 6.07) is 0.328. The monoisotopic (exact) mass is 287 g/mol. The lowest BCUT2D eigenvalue weighted by atomic mass is 9.95. The van der Waals surface area contributed by atoms with Crippen LogP contribution in [0.4, 0.5) is 0 Å². The summed E-state index contributed by atoms with van der Waals surface area (Å²) in [6.07, 6.45) is 6.86. The first kappa shape index (κ1) is 14.5. The number of hydrogen-bond acceptors (Lipinski definition) is 6. The molecule has 0 radical (unpaired) electrons. The smallest absolute Gasteiger partial charge is 0.228 e. The van der Waals surface area contributed by atoms with Crippen molar-refractivity contribution in [1.82, 2.24) is 15.5 Å². The molecule has 1 aliphatic carbocycles. The van der Waals surface area contributed by atoms with Crippen molar-refractivity contribution in [2.75, 3.05) is 13.3 Å². The van der Waals surface area contributed by atoms with Crippen LogP contribution in [0, 0.1) is 5.92 Å². The van der Waals surface area contributed by atoms with E-state index in [-0.39, 0.29) is 11.6 Å². The predicted octanol–water partition coefficient (Wildman–Crippen LogP) is 0.935. The summed E-state index contributed by atoms with van der Waals surface area (Å²) in [6.45, 7) is 0. The Bertz CT molecular complexity index is 506. The first-order chi connectivity index (χ1) is 8.98. The average molecular weight is 287 g/mol. The second-order valence-electron chi connectivity index (χ2n) is 5.32. The Hall–Kier alpha value is -0.950. The first-order valence-corrected chi connectivity index (χ1v) is 8.70. The number of nitrogens with one attached hydrogen (secondary N) is 1. The molecule has 0 saturated heterocycles. The van der Waals surface area contributed by atoms with E-state index in [0.717, 1.165) is 6.26 Å². The molecule has 108 valence electrons. The number of hydrogen-bond donors (Lipinski definition) is 1. The van der Waals surface area contributed by atoms with Crippen LogP contribution in [0.2, 0.25) is 0 Å². The lowest BCUT2D eigenvalue weighted by Gasteiger charge is -2.20. The van der Waals surface area contributed by atoms with Crippen molar-refractivity contribution in [2.24, 2.45) is 5.92 Å². The number of sulfone groups is 1. The van der Waals surface area contributed by atoms with Gasteiger partial charge in [0.2, 0.25) is 5.89 Å². The maximum absolute atomic E-state index is 11.2. The highest BCUT2D eigenvalue weighted by Crippen LogP contribution is 2.28. The summed E-state index contributed by atoms with van der Waals surface area (Å²) in [4.78, 5) is 4.16. The molecule has 19 heavy (non-hydrogen) atoms. The van der Waals surface area contributed by atoms with Crippen molar-refractivity contribution in [3.63, 3.8) is 0 Å². The fourth-order valence-electron chi connectivity index (χ4n) is 2.72. The van der Waals surface area contributed by atoms with Gasteiger partial charge in [-0.1, -0.05) is 18.0 Å². The maximum atomic E-state index is 11.2. The molecule has 1 fully saturated rings. The third kappa shape index (κ3) is 4.28. The minimum Gasteiger partial charge on any atom is -0.339 e. The zero-order valence-corrected chi connectivity index (χ0v) is 12.2. The van der Waals surface area contributed by atoms with E-state index >= 15 is 0 Å². The molecule has 0 amide bonds. The molecule has 1 heterocycles. The van der Waals surface area contributed by atoms with Crippen LogP contribution in [-0.4, -0.2) is 37.9 Å². The molecule has 1 unspecified atom stereocenters. The van der Waals surface area contributed by atoms with Gasteiger partial charge in [0.05, 0.1) is 0 Å². The van der Waals surface area contributed by atoms with E-state index < -0.39 is 9.84 Å². The molecule has 2 rings (SSSR count). The minimum atomic E-state index is -3.11. The second kappa shape index (κ2) is 6.00. The fourth-order valence-corrected chi connectivity index (χ4v) is 3.30. The minimum absolute atomic E-state index is 0.163. The van der Waals surface area contributed by atoms with Crippen LogP contribution in [0.25, 0.3) is 0 Å². The number of rotatable bonds is 6. The van der Waals surface area contributed by atoms with Crippen LogP contribution in [-0.2, 0) is 22.0 Å². The largest absolute Gasteiger partial charge is 0.339 e. The van der Waals surface area contributed by atoms with Gasteiger partial charge in [0.15, 0.2) is 15.7 Å². The van der Waals surface area contributed by atoms with Crippen LogP contribution >= 0.6 is 0 Å². The molecule has 0 spiro atoms. The predicted molar refractivity (Wildman–Crippen MR) is 71.4 cm³/mol. The van der Waals surface area contributed by atoms with Gasteiger partial charge in [-0.15, -0.1) is 0 Å². The van der Waals surface area contributed by atoms with Crippen molar-refractivity contribution < 1.29 is 12.9 Å². The van der Waals surface area contributed by atoms with Gasteiger partial charge in [-0.25, -0.2) is 8.42 Å². The summed E-state index contributed by atoms with van der Waals surface area (Å²) in [5.41, 5.74) is 0. The normalized spacial score (nSPS) is 18.8. The molecule has 1 N–H and O–H groups in total. The van der Waals surface area contributed by atoms with Gasteiger partial charge in [-0.2, -0.15) is 4.98 Å². The van der Waals surface area contributed by atoms with Crippen LogP contribution in [0.3, 0.4) is 0 Å². The van der Waals surface area contributed by atoms with Gasteiger partial charge in [0, 0.05) is 18.7 Å². The van der Waals surface area contributed by atoms with E-state index in [0.29, 0.717) is 24.3 Å². The molecule has 1 aromatic heterocycles. The Morgan fingerprint density at radius 3 is 2.68 bits per heavy atom. The summed E-state index contributed by atoms with van der Waals surface area (Å²) in [5, 5.41) is 7.03. The second-order valence-corrected chi connectivity index (χ2v) is 7.46. The molecule has 0 bridgehead atoms. The van der Waals surface area contributed by atoms with Crippen molar-refractivity contribution in [3.05, 3.63) is 11.7 Å². The van der Waals surface area contributed by atoms with Crippen LogP contribution in [0.5, 0.6) is 0 Å². The number of aromatic nitrogens is 2. The summed E-state index contributed by atoms with van der Waals surface area (Å²) < 4.78 is 27.5. The Morgan fingerprint density at radius 2 is 2.11 bits per heavy atom. The van der Waals surface area contributed by atoms with E-state index in [1.807, 2.05) is 7.05 Å². The number of likely N-dealkylation sites (N-methyl/N-ethyl adjacent to an activating group) is 1. The van der Waals surface area contributed by atoms with E-state index in [2.05, 4.69) is 15.5 Å². The molecule has 0 aliphatic heterocycles. The highest BCUT2D eigenvalue weighted by molar-refractivity contribution is 7.89.